The number of furan rings is 1. The Labute approximate surface area is 214 Å². The molecule has 1 saturated heterocycles. The third-order valence-corrected chi connectivity index (χ3v) is 6.91. The summed E-state index contributed by atoms with van der Waals surface area (Å²) in [6.07, 6.45) is 0.241. The van der Waals surface area contributed by atoms with Gasteiger partial charge in [0, 0.05) is 48.5 Å². The number of carbonyl (C=O) groups is 1. The predicted molar refractivity (Wildman–Crippen MR) is 139 cm³/mol. The fourth-order valence-electron chi connectivity index (χ4n) is 4.57. The lowest BCUT2D eigenvalue weighted by atomic mass is 9.93. The molecule has 1 aliphatic heterocycles. The van der Waals surface area contributed by atoms with E-state index >= 15 is 0 Å². The zero-order chi connectivity index (χ0) is 25.3. The van der Waals surface area contributed by atoms with Crippen LogP contribution >= 0.6 is 11.6 Å². The van der Waals surface area contributed by atoms with E-state index in [4.69, 9.17) is 16.0 Å². The highest BCUT2D eigenvalue weighted by atomic mass is 35.5. The second-order valence-electron chi connectivity index (χ2n) is 9.12. The molecule has 5 rings (SSSR count). The molecule has 4 aromatic rings. The molecule has 6 heteroatoms. The molecule has 3 aromatic carbocycles. The van der Waals surface area contributed by atoms with Crippen LogP contribution in [0.4, 0.5) is 8.78 Å². The maximum atomic E-state index is 13.5. The van der Waals surface area contributed by atoms with E-state index in [1.165, 1.54) is 4.90 Å². The van der Waals surface area contributed by atoms with Crippen molar-refractivity contribution in [3.8, 4) is 33.6 Å². The summed E-state index contributed by atoms with van der Waals surface area (Å²) in [5.74, 6) is -1.18. The van der Waals surface area contributed by atoms with Gasteiger partial charge in [-0.05, 0) is 70.8 Å². The van der Waals surface area contributed by atoms with Gasteiger partial charge in [-0.15, -0.1) is 0 Å². The van der Waals surface area contributed by atoms with E-state index in [2.05, 4.69) is 13.0 Å². The van der Waals surface area contributed by atoms with E-state index in [0.29, 0.717) is 10.6 Å². The van der Waals surface area contributed by atoms with Crippen LogP contribution in [0.25, 0.3) is 33.6 Å². The summed E-state index contributed by atoms with van der Waals surface area (Å²) in [6, 6.07) is 25.2. The smallest absolute Gasteiger partial charge is 0.253 e. The molecule has 0 bridgehead atoms. The van der Waals surface area contributed by atoms with E-state index in [1.807, 2.05) is 60.7 Å². The minimum absolute atomic E-state index is 0.0740. The van der Waals surface area contributed by atoms with Gasteiger partial charge in [0.05, 0.1) is 0 Å². The van der Waals surface area contributed by atoms with Crippen molar-refractivity contribution in [2.75, 3.05) is 13.1 Å². The van der Waals surface area contributed by atoms with Crippen molar-refractivity contribution in [3.05, 3.63) is 95.2 Å². The maximum Gasteiger partial charge on any atom is 0.253 e. The van der Waals surface area contributed by atoms with Crippen LogP contribution in [0.5, 0.6) is 0 Å². The Hall–Kier alpha value is -3.44. The number of alkyl halides is 2. The number of carbonyl (C=O) groups excluding carboxylic acids is 1. The molecule has 3 nitrogen and oxygen atoms in total. The van der Waals surface area contributed by atoms with Crippen molar-refractivity contribution in [1.82, 2.24) is 4.90 Å². The molecule has 0 spiro atoms. The number of hydrogen-bond donors (Lipinski definition) is 0. The Kier molecular flexibility index (Phi) is 6.67. The molecule has 0 atom stereocenters. The second-order valence-corrected chi connectivity index (χ2v) is 9.55. The van der Waals surface area contributed by atoms with Crippen LogP contribution < -0.4 is 0 Å². The highest BCUT2D eigenvalue weighted by molar-refractivity contribution is 6.30. The lowest BCUT2D eigenvalue weighted by molar-refractivity contribution is -0.0494. The van der Waals surface area contributed by atoms with Crippen LogP contribution in [0.2, 0.25) is 5.02 Å². The van der Waals surface area contributed by atoms with Crippen LogP contribution in [0.15, 0.2) is 83.3 Å². The van der Waals surface area contributed by atoms with Crippen LogP contribution in [-0.4, -0.2) is 29.8 Å². The zero-order valence-corrected chi connectivity index (χ0v) is 20.7. The van der Waals surface area contributed by atoms with Crippen molar-refractivity contribution < 1.29 is 18.0 Å². The number of nitrogens with zero attached hydrogens (tertiary/aromatic N) is 1. The van der Waals surface area contributed by atoms with Gasteiger partial charge < -0.3 is 9.32 Å². The highest BCUT2D eigenvalue weighted by Gasteiger charge is 2.35. The summed E-state index contributed by atoms with van der Waals surface area (Å²) < 4.78 is 33.0. The van der Waals surface area contributed by atoms with Gasteiger partial charge in [-0.2, -0.15) is 0 Å². The first-order valence-corrected chi connectivity index (χ1v) is 12.5. The molecule has 36 heavy (non-hydrogen) atoms. The van der Waals surface area contributed by atoms with E-state index in [1.54, 1.807) is 12.1 Å². The molecule has 1 aliphatic rings. The predicted octanol–water partition coefficient (Wildman–Crippen LogP) is 8.37. The zero-order valence-electron chi connectivity index (χ0n) is 19.9. The summed E-state index contributed by atoms with van der Waals surface area (Å²) in [7, 11) is 0. The molecule has 0 unspecified atom stereocenters. The lowest BCUT2D eigenvalue weighted by Gasteiger charge is -2.31. The summed E-state index contributed by atoms with van der Waals surface area (Å²) in [5.41, 5.74) is 5.35. The van der Waals surface area contributed by atoms with E-state index in [9.17, 15) is 13.6 Å². The topological polar surface area (TPSA) is 33.5 Å². The molecule has 0 aliphatic carbocycles. The molecule has 1 amide bonds. The van der Waals surface area contributed by atoms with E-state index in [0.717, 1.165) is 45.8 Å². The van der Waals surface area contributed by atoms with Crippen LogP contribution in [0, 0.1) is 0 Å². The number of halogens is 3. The van der Waals surface area contributed by atoms with Crippen molar-refractivity contribution >= 4 is 17.5 Å². The van der Waals surface area contributed by atoms with Gasteiger partial charge in [0.1, 0.15) is 11.5 Å². The number of piperidine rings is 1. The molecule has 1 fully saturated rings. The molecule has 2 heterocycles. The van der Waals surface area contributed by atoms with Gasteiger partial charge >= 0.3 is 0 Å². The number of rotatable bonds is 5. The van der Waals surface area contributed by atoms with E-state index < -0.39 is 5.92 Å². The minimum atomic E-state index is -2.68. The maximum absolute atomic E-state index is 13.5. The molecule has 0 saturated carbocycles. The number of amides is 1. The summed E-state index contributed by atoms with van der Waals surface area (Å²) in [6.45, 7) is 2.20. The van der Waals surface area contributed by atoms with Gasteiger partial charge in [-0.1, -0.05) is 48.9 Å². The Morgan fingerprint density at radius 1 is 0.889 bits per heavy atom. The SMILES string of the molecule is CCc1ccc(-c2ccc(-c3ccc(C(=O)N4CCC(F)(F)CC4)cc3)cc2-c2cccc(Cl)c2)o1. The minimum Gasteiger partial charge on any atom is -0.461 e. The summed E-state index contributed by atoms with van der Waals surface area (Å²) >= 11 is 6.30. The molecule has 0 N–H and O–H groups in total. The van der Waals surface area contributed by atoms with Crippen molar-refractivity contribution in [2.45, 2.75) is 32.1 Å². The van der Waals surface area contributed by atoms with Crippen LogP contribution in [0.3, 0.4) is 0 Å². The average molecular weight is 506 g/mol. The average Bonchev–Trinajstić information content (AvgIpc) is 3.37. The van der Waals surface area contributed by atoms with Crippen molar-refractivity contribution in [3.63, 3.8) is 0 Å². The number of hydrogen-bond acceptors (Lipinski definition) is 2. The first-order valence-electron chi connectivity index (χ1n) is 12.1. The van der Waals surface area contributed by atoms with Crippen molar-refractivity contribution in [2.24, 2.45) is 0 Å². The number of benzene rings is 3. The molecular formula is C30H26ClF2NO2. The monoisotopic (exact) mass is 505 g/mol. The van der Waals surface area contributed by atoms with Gasteiger partial charge in [-0.3, -0.25) is 4.79 Å². The van der Waals surface area contributed by atoms with Crippen LogP contribution in [0.1, 0.15) is 35.9 Å². The number of aryl methyl sites for hydroxylation is 1. The molecular weight excluding hydrogens is 480 g/mol. The standard InChI is InChI=1S/C30H26ClF2NO2/c1-2-25-11-13-28(36-25)26-12-10-22(19-27(26)23-4-3-5-24(31)18-23)20-6-8-21(9-7-20)29(35)34-16-14-30(32,33)15-17-34/h3-13,18-19H,2,14-17H2,1H3. The summed E-state index contributed by atoms with van der Waals surface area (Å²) in [5, 5.41) is 0.649. The van der Waals surface area contributed by atoms with Gasteiger partial charge in [0.15, 0.2) is 0 Å². The molecule has 0 radical (unpaired) electrons. The second kappa shape index (κ2) is 9.90. The lowest BCUT2D eigenvalue weighted by Crippen LogP contribution is -2.42. The first-order chi connectivity index (χ1) is 17.3. The third kappa shape index (κ3) is 5.07. The Morgan fingerprint density at radius 2 is 1.61 bits per heavy atom. The fourth-order valence-corrected chi connectivity index (χ4v) is 4.76. The quantitative estimate of drug-likeness (QED) is 0.273. The molecule has 1 aromatic heterocycles. The normalized spacial score (nSPS) is 15.2. The van der Waals surface area contributed by atoms with Crippen LogP contribution in [-0.2, 0) is 6.42 Å². The van der Waals surface area contributed by atoms with Gasteiger partial charge in [0.2, 0.25) is 0 Å². The third-order valence-electron chi connectivity index (χ3n) is 6.68. The van der Waals surface area contributed by atoms with Gasteiger partial charge in [0.25, 0.3) is 11.8 Å². The Morgan fingerprint density at radius 3 is 2.28 bits per heavy atom. The summed E-state index contributed by atoms with van der Waals surface area (Å²) in [4.78, 5) is 14.3. The number of likely N-dealkylation sites (tertiary alicyclic amines) is 1. The molecule has 184 valence electrons. The largest absolute Gasteiger partial charge is 0.461 e. The fraction of sp³-hybridized carbons (Fsp3) is 0.233. The van der Waals surface area contributed by atoms with Gasteiger partial charge in [-0.25, -0.2) is 8.78 Å². The Bertz CT molecular complexity index is 1380. The first kappa shape index (κ1) is 24.3. The highest BCUT2D eigenvalue weighted by Crippen LogP contribution is 2.37. The van der Waals surface area contributed by atoms with E-state index in [-0.39, 0.29) is 31.8 Å². The Balaban J connectivity index is 1.46. The van der Waals surface area contributed by atoms with Crippen molar-refractivity contribution in [1.29, 1.82) is 0 Å².